The lowest BCUT2D eigenvalue weighted by Gasteiger charge is -2.05. The molecule has 0 aliphatic rings. The first kappa shape index (κ1) is 11.8. The third-order valence-electron chi connectivity index (χ3n) is 2.43. The number of hydrogen-bond acceptors (Lipinski definition) is 4. The van der Waals surface area contributed by atoms with Crippen molar-refractivity contribution in [1.82, 2.24) is 15.6 Å². The van der Waals surface area contributed by atoms with E-state index in [9.17, 15) is 0 Å². The highest BCUT2D eigenvalue weighted by atomic mass is 16.3. The molecule has 0 bridgehead atoms. The summed E-state index contributed by atoms with van der Waals surface area (Å²) in [4.78, 5) is 3.85. The Balaban J connectivity index is 1.52. The summed E-state index contributed by atoms with van der Waals surface area (Å²) in [7, 11) is 0. The van der Waals surface area contributed by atoms with Crippen LogP contribution in [0.15, 0.2) is 47.3 Å². The summed E-state index contributed by atoms with van der Waals surface area (Å²) < 4.78 is 5.12. The summed E-state index contributed by atoms with van der Waals surface area (Å²) in [6.45, 7) is 3.48. The van der Waals surface area contributed by atoms with Crippen molar-refractivity contribution in [3.05, 3.63) is 54.2 Å². The third-order valence-corrected chi connectivity index (χ3v) is 2.43. The van der Waals surface area contributed by atoms with E-state index in [0.717, 1.165) is 31.9 Å². The average molecular weight is 231 g/mol. The highest BCUT2D eigenvalue weighted by molar-refractivity contribution is 5.14. The van der Waals surface area contributed by atoms with Crippen LogP contribution in [0.25, 0.3) is 0 Å². The van der Waals surface area contributed by atoms with Gasteiger partial charge in [0.2, 0.25) is 0 Å². The normalized spacial score (nSPS) is 10.6. The molecule has 4 heteroatoms. The fourth-order valence-corrected chi connectivity index (χ4v) is 1.55. The Hall–Kier alpha value is -1.65. The van der Waals surface area contributed by atoms with E-state index in [2.05, 4.69) is 39.9 Å². The molecule has 0 unspecified atom stereocenters. The fraction of sp³-hybridized carbons (Fsp3) is 0.308. The van der Waals surface area contributed by atoms with Gasteiger partial charge in [0.25, 0.3) is 0 Å². The number of benzene rings is 1. The Morgan fingerprint density at radius 2 is 1.76 bits per heavy atom. The molecule has 0 saturated carbocycles. The van der Waals surface area contributed by atoms with E-state index in [0.29, 0.717) is 0 Å². The molecular weight excluding hydrogens is 214 g/mol. The predicted molar refractivity (Wildman–Crippen MR) is 66.4 cm³/mol. The molecule has 1 heterocycles. The molecule has 1 aromatic heterocycles. The number of aromatic nitrogens is 1. The topological polar surface area (TPSA) is 50.1 Å². The minimum absolute atomic E-state index is 0.729. The molecule has 2 aromatic rings. The molecule has 2 N–H and O–H groups in total. The Bertz CT molecular complexity index is 400. The van der Waals surface area contributed by atoms with Crippen molar-refractivity contribution in [3.63, 3.8) is 0 Å². The first-order chi connectivity index (χ1) is 8.45. The monoisotopic (exact) mass is 231 g/mol. The van der Waals surface area contributed by atoms with Crippen LogP contribution in [0, 0.1) is 0 Å². The van der Waals surface area contributed by atoms with Crippen molar-refractivity contribution >= 4 is 0 Å². The molecule has 2 rings (SSSR count). The van der Waals surface area contributed by atoms with Gasteiger partial charge in [-0.2, -0.15) is 0 Å². The number of nitrogens with one attached hydrogen (secondary N) is 2. The largest absolute Gasteiger partial charge is 0.447 e. The summed E-state index contributed by atoms with van der Waals surface area (Å²) in [5, 5.41) is 6.65. The van der Waals surface area contributed by atoms with Crippen LogP contribution in [0.2, 0.25) is 0 Å². The predicted octanol–water partition coefficient (Wildman–Crippen LogP) is 1.55. The van der Waals surface area contributed by atoms with Gasteiger partial charge in [0.15, 0.2) is 6.39 Å². The molecule has 0 radical (unpaired) electrons. The molecule has 0 aliphatic carbocycles. The highest BCUT2D eigenvalue weighted by Crippen LogP contribution is 1.96. The maximum Gasteiger partial charge on any atom is 0.180 e. The van der Waals surface area contributed by atoms with Gasteiger partial charge in [-0.1, -0.05) is 30.3 Å². The highest BCUT2D eigenvalue weighted by Gasteiger charge is 1.95. The quantitative estimate of drug-likeness (QED) is 0.710. The molecule has 0 saturated heterocycles. The Morgan fingerprint density at radius 3 is 2.47 bits per heavy atom. The second-order valence-electron chi connectivity index (χ2n) is 3.81. The Morgan fingerprint density at radius 1 is 1.00 bits per heavy atom. The van der Waals surface area contributed by atoms with Crippen molar-refractivity contribution in [2.24, 2.45) is 0 Å². The lowest BCUT2D eigenvalue weighted by Crippen LogP contribution is -2.26. The van der Waals surface area contributed by atoms with E-state index in [1.54, 1.807) is 6.20 Å². The zero-order chi connectivity index (χ0) is 11.8. The second-order valence-corrected chi connectivity index (χ2v) is 3.81. The summed E-state index contributed by atoms with van der Waals surface area (Å²) in [6, 6.07) is 10.4. The van der Waals surface area contributed by atoms with Crippen molar-refractivity contribution < 1.29 is 4.42 Å². The summed E-state index contributed by atoms with van der Waals surface area (Å²) >= 11 is 0. The minimum atomic E-state index is 0.729. The Kier molecular flexibility index (Phi) is 4.75. The van der Waals surface area contributed by atoms with Crippen molar-refractivity contribution in [1.29, 1.82) is 0 Å². The molecule has 0 spiro atoms. The van der Waals surface area contributed by atoms with E-state index >= 15 is 0 Å². The molecular formula is C13H17N3O. The number of hydrogen-bond donors (Lipinski definition) is 2. The summed E-state index contributed by atoms with van der Waals surface area (Å²) in [5.41, 5.74) is 1.31. The second kappa shape index (κ2) is 6.83. The van der Waals surface area contributed by atoms with Crippen molar-refractivity contribution in [2.75, 3.05) is 13.1 Å². The zero-order valence-corrected chi connectivity index (χ0v) is 9.73. The SMILES string of the molecule is c1ccc(CNCCNCc2cnco2)cc1. The Labute approximate surface area is 101 Å². The molecule has 0 amide bonds. The van der Waals surface area contributed by atoms with Crippen LogP contribution in [0.1, 0.15) is 11.3 Å². The molecule has 4 nitrogen and oxygen atoms in total. The number of rotatable bonds is 7. The standard InChI is InChI=1S/C13H17N3O/c1-2-4-12(5-3-1)8-14-6-7-15-9-13-10-16-11-17-13/h1-5,10-11,14-15H,6-9H2. The lowest BCUT2D eigenvalue weighted by atomic mass is 10.2. The van der Waals surface area contributed by atoms with Crippen molar-refractivity contribution in [3.8, 4) is 0 Å². The number of oxazole rings is 1. The number of nitrogens with zero attached hydrogens (tertiary/aromatic N) is 1. The third kappa shape index (κ3) is 4.38. The van der Waals surface area contributed by atoms with Gasteiger partial charge in [0.1, 0.15) is 5.76 Å². The summed E-state index contributed by atoms with van der Waals surface area (Å²) in [5.74, 6) is 0.869. The molecule has 1 aromatic carbocycles. The van der Waals surface area contributed by atoms with Crippen LogP contribution in [0.5, 0.6) is 0 Å². The van der Waals surface area contributed by atoms with Crippen LogP contribution in [-0.4, -0.2) is 18.1 Å². The van der Waals surface area contributed by atoms with Crippen molar-refractivity contribution in [2.45, 2.75) is 13.1 Å². The van der Waals surface area contributed by atoms with E-state index in [1.165, 1.54) is 12.0 Å². The first-order valence-corrected chi connectivity index (χ1v) is 5.78. The molecule has 17 heavy (non-hydrogen) atoms. The average Bonchev–Trinajstić information content (AvgIpc) is 2.88. The van der Waals surface area contributed by atoms with Crippen LogP contribution < -0.4 is 10.6 Å². The molecule has 0 fully saturated rings. The maximum atomic E-state index is 5.12. The van der Waals surface area contributed by atoms with Gasteiger partial charge in [-0.15, -0.1) is 0 Å². The van der Waals surface area contributed by atoms with Gasteiger partial charge in [0, 0.05) is 19.6 Å². The van der Waals surface area contributed by atoms with Gasteiger partial charge in [-0.3, -0.25) is 0 Å². The molecule has 0 atom stereocenters. The van der Waals surface area contributed by atoms with E-state index in [-0.39, 0.29) is 0 Å². The van der Waals surface area contributed by atoms with Crippen LogP contribution in [0.3, 0.4) is 0 Å². The van der Waals surface area contributed by atoms with Crippen LogP contribution in [-0.2, 0) is 13.1 Å². The zero-order valence-electron chi connectivity index (χ0n) is 9.73. The van der Waals surface area contributed by atoms with Gasteiger partial charge in [-0.05, 0) is 5.56 Å². The van der Waals surface area contributed by atoms with E-state index < -0.39 is 0 Å². The minimum Gasteiger partial charge on any atom is -0.447 e. The van der Waals surface area contributed by atoms with Gasteiger partial charge in [-0.25, -0.2) is 4.98 Å². The maximum absolute atomic E-state index is 5.12. The van der Waals surface area contributed by atoms with Gasteiger partial charge < -0.3 is 15.1 Å². The van der Waals surface area contributed by atoms with E-state index in [4.69, 9.17) is 4.42 Å². The fourth-order valence-electron chi connectivity index (χ4n) is 1.55. The summed E-state index contributed by atoms with van der Waals surface area (Å²) in [6.07, 6.45) is 3.18. The molecule has 90 valence electrons. The van der Waals surface area contributed by atoms with Gasteiger partial charge in [0.05, 0.1) is 12.7 Å². The van der Waals surface area contributed by atoms with Crippen LogP contribution >= 0.6 is 0 Å². The lowest BCUT2D eigenvalue weighted by molar-refractivity contribution is 0.476. The van der Waals surface area contributed by atoms with Crippen LogP contribution in [0.4, 0.5) is 0 Å². The van der Waals surface area contributed by atoms with Gasteiger partial charge >= 0.3 is 0 Å². The molecule has 0 aliphatic heterocycles. The smallest absolute Gasteiger partial charge is 0.180 e. The van der Waals surface area contributed by atoms with E-state index in [1.807, 2.05) is 6.07 Å². The first-order valence-electron chi connectivity index (χ1n) is 5.78.